The molecule has 5 nitrogen and oxygen atoms in total. The van der Waals surface area contributed by atoms with Gasteiger partial charge in [0, 0.05) is 5.69 Å². The maximum absolute atomic E-state index is 12.5. The Hall–Kier alpha value is -3.02. The van der Waals surface area contributed by atoms with Gasteiger partial charge in [0.25, 0.3) is 11.8 Å². The van der Waals surface area contributed by atoms with Crippen LogP contribution in [0.1, 0.15) is 10.4 Å². The van der Waals surface area contributed by atoms with E-state index in [-0.39, 0.29) is 17.5 Å². The molecule has 0 saturated carbocycles. The van der Waals surface area contributed by atoms with Gasteiger partial charge in [0.15, 0.2) is 6.61 Å². The van der Waals surface area contributed by atoms with Crippen molar-refractivity contribution in [2.75, 3.05) is 17.2 Å². The van der Waals surface area contributed by atoms with Gasteiger partial charge in [0.05, 0.1) is 21.3 Å². The summed E-state index contributed by atoms with van der Waals surface area (Å²) in [5.74, 6) is -0.467. The molecule has 0 unspecified atom stereocenters. The first kappa shape index (κ1) is 19.7. The maximum Gasteiger partial charge on any atom is 0.262 e. The highest BCUT2D eigenvalue weighted by molar-refractivity contribution is 6.44. The Morgan fingerprint density at radius 3 is 2.32 bits per heavy atom. The van der Waals surface area contributed by atoms with E-state index in [4.69, 9.17) is 27.9 Å². The lowest BCUT2D eigenvalue weighted by Crippen LogP contribution is -2.21. The SMILES string of the molecule is O=C(COc1ccccc1C(=O)Nc1ccccc1)Nc1cccc(Cl)c1Cl. The first-order valence-corrected chi connectivity index (χ1v) is 9.12. The molecule has 2 amide bonds. The lowest BCUT2D eigenvalue weighted by atomic mass is 10.2. The monoisotopic (exact) mass is 414 g/mol. The van der Waals surface area contributed by atoms with Crippen molar-refractivity contribution < 1.29 is 14.3 Å². The zero-order valence-electron chi connectivity index (χ0n) is 14.6. The van der Waals surface area contributed by atoms with Crippen LogP contribution in [-0.4, -0.2) is 18.4 Å². The van der Waals surface area contributed by atoms with E-state index < -0.39 is 5.91 Å². The topological polar surface area (TPSA) is 67.4 Å². The van der Waals surface area contributed by atoms with Gasteiger partial charge in [0.1, 0.15) is 5.75 Å². The highest BCUT2D eigenvalue weighted by Gasteiger charge is 2.14. The van der Waals surface area contributed by atoms with Gasteiger partial charge in [-0.3, -0.25) is 9.59 Å². The van der Waals surface area contributed by atoms with Crippen LogP contribution in [0.15, 0.2) is 72.8 Å². The molecule has 142 valence electrons. The van der Waals surface area contributed by atoms with Crippen LogP contribution in [0.4, 0.5) is 11.4 Å². The Labute approximate surface area is 172 Å². The van der Waals surface area contributed by atoms with Gasteiger partial charge in [0.2, 0.25) is 0 Å². The molecule has 0 atom stereocenters. The third-order valence-electron chi connectivity index (χ3n) is 3.75. The van der Waals surface area contributed by atoms with Crippen LogP contribution in [-0.2, 0) is 4.79 Å². The average molecular weight is 415 g/mol. The average Bonchev–Trinajstić information content (AvgIpc) is 2.71. The normalized spacial score (nSPS) is 10.2. The lowest BCUT2D eigenvalue weighted by Gasteiger charge is -2.12. The van der Waals surface area contributed by atoms with Gasteiger partial charge in [-0.15, -0.1) is 0 Å². The second kappa shape index (κ2) is 9.26. The first-order chi connectivity index (χ1) is 13.5. The molecule has 0 radical (unpaired) electrons. The molecule has 0 bridgehead atoms. The summed E-state index contributed by atoms with van der Waals surface area (Å²) in [4.78, 5) is 24.7. The minimum absolute atomic E-state index is 0.250. The van der Waals surface area contributed by atoms with Gasteiger partial charge in [-0.05, 0) is 36.4 Å². The van der Waals surface area contributed by atoms with Crippen molar-refractivity contribution in [1.82, 2.24) is 0 Å². The summed E-state index contributed by atoms with van der Waals surface area (Å²) in [5, 5.41) is 6.00. The molecule has 0 fully saturated rings. The van der Waals surface area contributed by atoms with E-state index in [9.17, 15) is 9.59 Å². The predicted octanol–water partition coefficient (Wildman–Crippen LogP) is 5.26. The Balaban J connectivity index is 1.65. The molecule has 3 rings (SSSR count). The number of hydrogen-bond acceptors (Lipinski definition) is 3. The van der Waals surface area contributed by atoms with E-state index in [1.807, 2.05) is 18.2 Å². The van der Waals surface area contributed by atoms with Gasteiger partial charge in [-0.1, -0.05) is 59.6 Å². The summed E-state index contributed by atoms with van der Waals surface area (Å²) in [5.41, 5.74) is 1.37. The van der Waals surface area contributed by atoms with E-state index in [1.54, 1.807) is 54.6 Å². The second-order valence-corrected chi connectivity index (χ2v) is 6.54. The smallest absolute Gasteiger partial charge is 0.262 e. The minimum Gasteiger partial charge on any atom is -0.483 e. The molecule has 2 N–H and O–H groups in total. The third-order valence-corrected chi connectivity index (χ3v) is 4.57. The number of carbonyl (C=O) groups excluding carboxylic acids is 2. The minimum atomic E-state index is -0.428. The molecule has 3 aromatic carbocycles. The zero-order chi connectivity index (χ0) is 19.9. The van der Waals surface area contributed by atoms with Crippen molar-refractivity contribution in [2.45, 2.75) is 0 Å². The fourth-order valence-electron chi connectivity index (χ4n) is 2.43. The number of amides is 2. The summed E-state index contributed by atoms with van der Waals surface area (Å²) >= 11 is 12.0. The van der Waals surface area contributed by atoms with Gasteiger partial charge in [-0.25, -0.2) is 0 Å². The number of benzene rings is 3. The van der Waals surface area contributed by atoms with E-state index >= 15 is 0 Å². The summed E-state index contributed by atoms with van der Waals surface area (Å²) in [7, 11) is 0. The molecule has 0 heterocycles. The molecule has 0 aliphatic heterocycles. The van der Waals surface area contributed by atoms with Crippen LogP contribution >= 0.6 is 23.2 Å². The largest absolute Gasteiger partial charge is 0.483 e. The van der Waals surface area contributed by atoms with Gasteiger partial charge in [-0.2, -0.15) is 0 Å². The number of anilines is 2. The first-order valence-electron chi connectivity index (χ1n) is 8.36. The Kier molecular flexibility index (Phi) is 6.53. The van der Waals surface area contributed by atoms with E-state index in [1.165, 1.54) is 0 Å². The summed E-state index contributed by atoms with van der Waals surface area (Å²) in [6.45, 7) is -0.293. The number of rotatable bonds is 6. The molecule has 28 heavy (non-hydrogen) atoms. The molecule has 0 aromatic heterocycles. The number of nitrogens with one attached hydrogen (secondary N) is 2. The van der Waals surface area contributed by atoms with Crippen LogP contribution in [0.2, 0.25) is 10.0 Å². The van der Waals surface area contributed by atoms with Crippen LogP contribution in [0.3, 0.4) is 0 Å². The van der Waals surface area contributed by atoms with Gasteiger partial charge < -0.3 is 15.4 Å². The molecule has 3 aromatic rings. The lowest BCUT2D eigenvalue weighted by molar-refractivity contribution is -0.118. The molecule has 0 aliphatic rings. The van der Waals surface area contributed by atoms with Gasteiger partial charge >= 0.3 is 0 Å². The number of ether oxygens (including phenoxy) is 1. The molecule has 0 aliphatic carbocycles. The van der Waals surface area contributed by atoms with Crippen molar-refractivity contribution in [3.05, 3.63) is 88.4 Å². The third kappa shape index (κ3) is 5.03. The Morgan fingerprint density at radius 1 is 0.821 bits per heavy atom. The van der Waals surface area contributed by atoms with Crippen molar-refractivity contribution in [3.63, 3.8) is 0 Å². The van der Waals surface area contributed by atoms with Crippen LogP contribution < -0.4 is 15.4 Å². The van der Waals surface area contributed by atoms with Crippen molar-refractivity contribution >= 4 is 46.4 Å². The van der Waals surface area contributed by atoms with Crippen LogP contribution in [0, 0.1) is 0 Å². The Morgan fingerprint density at radius 2 is 1.54 bits per heavy atom. The molecule has 7 heteroatoms. The summed E-state index contributed by atoms with van der Waals surface area (Å²) in [6.07, 6.45) is 0. The van der Waals surface area contributed by atoms with Crippen molar-refractivity contribution in [2.24, 2.45) is 0 Å². The van der Waals surface area contributed by atoms with Crippen molar-refractivity contribution in [1.29, 1.82) is 0 Å². The molecule has 0 spiro atoms. The quantitative estimate of drug-likeness (QED) is 0.577. The fourth-order valence-corrected chi connectivity index (χ4v) is 2.78. The highest BCUT2D eigenvalue weighted by Crippen LogP contribution is 2.29. The molecular weight excluding hydrogens is 399 g/mol. The summed E-state index contributed by atoms with van der Waals surface area (Å²) < 4.78 is 5.55. The van der Waals surface area contributed by atoms with Crippen LogP contribution in [0.25, 0.3) is 0 Å². The molecular formula is C21H16Cl2N2O3. The van der Waals surface area contributed by atoms with Crippen molar-refractivity contribution in [3.8, 4) is 5.75 Å². The predicted molar refractivity (Wildman–Crippen MR) is 111 cm³/mol. The van der Waals surface area contributed by atoms with E-state index in [0.717, 1.165) is 0 Å². The van der Waals surface area contributed by atoms with E-state index in [0.29, 0.717) is 27.7 Å². The number of hydrogen-bond donors (Lipinski definition) is 2. The number of carbonyl (C=O) groups is 2. The standard InChI is InChI=1S/C21H16Cl2N2O3/c22-16-10-6-11-17(20(16)23)25-19(26)13-28-18-12-5-4-9-15(18)21(27)24-14-7-2-1-3-8-14/h1-12H,13H2,(H,24,27)(H,25,26). The maximum atomic E-state index is 12.5. The Bertz CT molecular complexity index is 994. The number of halogens is 2. The van der Waals surface area contributed by atoms with Crippen LogP contribution in [0.5, 0.6) is 5.75 Å². The summed E-state index contributed by atoms with van der Waals surface area (Å²) in [6, 6.07) is 20.7. The zero-order valence-corrected chi connectivity index (χ0v) is 16.1. The number of para-hydroxylation sites is 2. The van der Waals surface area contributed by atoms with E-state index in [2.05, 4.69) is 10.6 Å². The fraction of sp³-hybridized carbons (Fsp3) is 0.0476. The second-order valence-electron chi connectivity index (χ2n) is 5.75. The molecule has 0 saturated heterocycles. The highest BCUT2D eigenvalue weighted by atomic mass is 35.5.